The van der Waals surface area contributed by atoms with Crippen molar-refractivity contribution in [2.24, 2.45) is 11.8 Å². The van der Waals surface area contributed by atoms with Gasteiger partial charge in [-0.05, 0) is 52.1 Å². The summed E-state index contributed by atoms with van der Waals surface area (Å²) < 4.78 is 0. The molecular formula is C16H29N3O2. The number of rotatable bonds is 3. The van der Waals surface area contributed by atoms with E-state index in [9.17, 15) is 9.59 Å². The van der Waals surface area contributed by atoms with Crippen LogP contribution < -0.4 is 5.32 Å². The van der Waals surface area contributed by atoms with Crippen molar-refractivity contribution in [3.05, 3.63) is 0 Å². The first-order valence-electron chi connectivity index (χ1n) is 8.04. The standard InChI is InChI=1S/C16H29N3O2/c1-11(2)13-14(20)17-16(3,4)15(21)19(13)10-12-7-6-8-18(5)9-12/h11-13H,6-10H2,1-5H3,(H,17,20). The molecule has 0 bridgehead atoms. The van der Waals surface area contributed by atoms with Gasteiger partial charge >= 0.3 is 0 Å². The third-order valence-corrected chi connectivity index (χ3v) is 4.64. The Morgan fingerprint density at radius 1 is 1.33 bits per heavy atom. The van der Waals surface area contributed by atoms with Crippen molar-refractivity contribution in [2.45, 2.75) is 52.1 Å². The summed E-state index contributed by atoms with van der Waals surface area (Å²) in [4.78, 5) is 29.3. The van der Waals surface area contributed by atoms with E-state index in [1.807, 2.05) is 18.7 Å². The molecule has 5 nitrogen and oxygen atoms in total. The summed E-state index contributed by atoms with van der Waals surface area (Å²) in [6, 6.07) is -0.335. The Hall–Kier alpha value is -1.10. The predicted molar refractivity (Wildman–Crippen MR) is 82.8 cm³/mol. The van der Waals surface area contributed by atoms with Gasteiger partial charge in [0.15, 0.2) is 0 Å². The largest absolute Gasteiger partial charge is 0.340 e. The molecule has 2 fully saturated rings. The summed E-state index contributed by atoms with van der Waals surface area (Å²) in [6.07, 6.45) is 2.31. The molecule has 2 unspecified atom stereocenters. The lowest BCUT2D eigenvalue weighted by Crippen LogP contribution is -2.70. The molecule has 0 aromatic carbocycles. The van der Waals surface area contributed by atoms with Gasteiger partial charge in [-0.3, -0.25) is 9.59 Å². The lowest BCUT2D eigenvalue weighted by Gasteiger charge is -2.46. The van der Waals surface area contributed by atoms with E-state index in [1.165, 1.54) is 6.42 Å². The molecule has 2 saturated heterocycles. The zero-order valence-electron chi connectivity index (χ0n) is 14.0. The Kier molecular flexibility index (Phi) is 4.61. The number of carbonyl (C=O) groups is 2. The zero-order chi connectivity index (χ0) is 15.8. The van der Waals surface area contributed by atoms with Crippen molar-refractivity contribution in [2.75, 3.05) is 26.7 Å². The molecule has 0 aromatic rings. The van der Waals surface area contributed by atoms with Crippen LogP contribution in [0.2, 0.25) is 0 Å². The number of amides is 2. The van der Waals surface area contributed by atoms with Crippen LogP contribution in [0, 0.1) is 11.8 Å². The molecule has 2 atom stereocenters. The van der Waals surface area contributed by atoms with Gasteiger partial charge in [-0.2, -0.15) is 0 Å². The lowest BCUT2D eigenvalue weighted by molar-refractivity contribution is -0.156. The summed E-state index contributed by atoms with van der Waals surface area (Å²) in [7, 11) is 2.13. The number of likely N-dealkylation sites (tertiary alicyclic amines) is 1. The molecule has 0 spiro atoms. The van der Waals surface area contributed by atoms with Crippen LogP contribution in [0.25, 0.3) is 0 Å². The minimum absolute atomic E-state index is 0.0150. The van der Waals surface area contributed by atoms with Crippen LogP contribution in [0.15, 0.2) is 0 Å². The van der Waals surface area contributed by atoms with Crippen LogP contribution in [0.3, 0.4) is 0 Å². The first kappa shape index (κ1) is 16.3. The first-order valence-corrected chi connectivity index (χ1v) is 8.04. The van der Waals surface area contributed by atoms with Crippen LogP contribution in [0.4, 0.5) is 0 Å². The van der Waals surface area contributed by atoms with E-state index in [0.29, 0.717) is 12.5 Å². The van der Waals surface area contributed by atoms with E-state index < -0.39 is 5.54 Å². The van der Waals surface area contributed by atoms with Crippen molar-refractivity contribution in [3.63, 3.8) is 0 Å². The van der Waals surface area contributed by atoms with E-state index in [-0.39, 0.29) is 23.8 Å². The molecule has 5 heteroatoms. The van der Waals surface area contributed by atoms with Gasteiger partial charge in [-0.1, -0.05) is 13.8 Å². The van der Waals surface area contributed by atoms with Crippen LogP contribution in [0.5, 0.6) is 0 Å². The van der Waals surface area contributed by atoms with Crippen LogP contribution in [-0.2, 0) is 9.59 Å². The maximum atomic E-state index is 12.8. The fourth-order valence-corrected chi connectivity index (χ4v) is 3.62. The summed E-state index contributed by atoms with van der Waals surface area (Å²) in [5.41, 5.74) is -0.789. The molecule has 0 saturated carbocycles. The van der Waals surface area contributed by atoms with E-state index >= 15 is 0 Å². The fraction of sp³-hybridized carbons (Fsp3) is 0.875. The Labute approximate surface area is 128 Å². The number of nitrogens with zero attached hydrogens (tertiary/aromatic N) is 2. The molecule has 21 heavy (non-hydrogen) atoms. The Balaban J connectivity index is 2.18. The highest BCUT2D eigenvalue weighted by atomic mass is 16.2. The number of nitrogens with one attached hydrogen (secondary N) is 1. The van der Waals surface area contributed by atoms with E-state index in [2.05, 4.69) is 17.3 Å². The van der Waals surface area contributed by atoms with Crippen molar-refractivity contribution in [1.29, 1.82) is 0 Å². The number of piperazine rings is 1. The second-order valence-corrected chi connectivity index (χ2v) is 7.53. The van der Waals surface area contributed by atoms with Crippen molar-refractivity contribution in [3.8, 4) is 0 Å². The van der Waals surface area contributed by atoms with Gasteiger partial charge in [-0.25, -0.2) is 0 Å². The molecule has 2 aliphatic rings. The van der Waals surface area contributed by atoms with Crippen LogP contribution in [0.1, 0.15) is 40.5 Å². The third-order valence-electron chi connectivity index (χ3n) is 4.64. The smallest absolute Gasteiger partial charge is 0.248 e. The Bertz CT molecular complexity index is 420. The van der Waals surface area contributed by atoms with Gasteiger partial charge in [0.2, 0.25) is 11.8 Å². The van der Waals surface area contributed by atoms with Crippen LogP contribution in [-0.4, -0.2) is 59.9 Å². The lowest BCUT2D eigenvalue weighted by atomic mass is 9.89. The molecule has 0 aliphatic carbocycles. The van der Waals surface area contributed by atoms with Crippen molar-refractivity contribution >= 4 is 11.8 Å². The van der Waals surface area contributed by atoms with E-state index in [1.54, 1.807) is 13.8 Å². The summed E-state index contributed by atoms with van der Waals surface area (Å²) in [5.74, 6) is 0.634. The average Bonchev–Trinajstić information content (AvgIpc) is 2.34. The zero-order valence-corrected chi connectivity index (χ0v) is 14.0. The van der Waals surface area contributed by atoms with E-state index in [4.69, 9.17) is 0 Å². The molecule has 2 heterocycles. The normalized spacial score (nSPS) is 30.7. The van der Waals surface area contributed by atoms with Gasteiger partial charge in [-0.15, -0.1) is 0 Å². The molecule has 0 radical (unpaired) electrons. The monoisotopic (exact) mass is 295 g/mol. The van der Waals surface area contributed by atoms with Crippen LogP contribution >= 0.6 is 0 Å². The maximum absolute atomic E-state index is 12.8. The summed E-state index contributed by atoms with van der Waals surface area (Å²) in [5, 5.41) is 2.87. The van der Waals surface area contributed by atoms with Gasteiger partial charge in [0, 0.05) is 13.1 Å². The van der Waals surface area contributed by atoms with Gasteiger partial charge < -0.3 is 15.1 Å². The van der Waals surface area contributed by atoms with Crippen molar-refractivity contribution in [1.82, 2.24) is 15.1 Å². The van der Waals surface area contributed by atoms with Gasteiger partial charge in [0.25, 0.3) is 0 Å². The third kappa shape index (κ3) is 3.39. The molecule has 2 aliphatic heterocycles. The van der Waals surface area contributed by atoms with Gasteiger partial charge in [0.05, 0.1) is 0 Å². The second-order valence-electron chi connectivity index (χ2n) is 7.53. The molecular weight excluding hydrogens is 266 g/mol. The average molecular weight is 295 g/mol. The van der Waals surface area contributed by atoms with E-state index in [0.717, 1.165) is 19.5 Å². The minimum atomic E-state index is -0.789. The Morgan fingerprint density at radius 3 is 2.57 bits per heavy atom. The maximum Gasteiger partial charge on any atom is 0.248 e. The quantitative estimate of drug-likeness (QED) is 0.848. The molecule has 120 valence electrons. The fourth-order valence-electron chi connectivity index (χ4n) is 3.62. The number of hydrogen-bond acceptors (Lipinski definition) is 3. The molecule has 1 N–H and O–H groups in total. The molecule has 2 amide bonds. The summed E-state index contributed by atoms with van der Waals surface area (Å²) in [6.45, 7) is 10.4. The highest BCUT2D eigenvalue weighted by Crippen LogP contribution is 2.26. The second kappa shape index (κ2) is 5.95. The topological polar surface area (TPSA) is 52.7 Å². The highest BCUT2D eigenvalue weighted by Gasteiger charge is 2.46. The predicted octanol–water partition coefficient (Wildman–Crippen LogP) is 1.09. The highest BCUT2D eigenvalue weighted by molar-refractivity contribution is 5.99. The number of carbonyl (C=O) groups excluding carboxylic acids is 2. The Morgan fingerprint density at radius 2 is 2.00 bits per heavy atom. The SMILES string of the molecule is CC(C)C1C(=O)NC(C)(C)C(=O)N1CC1CCCN(C)C1. The number of hydrogen-bond donors (Lipinski definition) is 1. The van der Waals surface area contributed by atoms with Crippen molar-refractivity contribution < 1.29 is 9.59 Å². The van der Waals surface area contributed by atoms with Gasteiger partial charge in [0.1, 0.15) is 11.6 Å². The molecule has 0 aromatic heterocycles. The minimum Gasteiger partial charge on any atom is -0.340 e. The summed E-state index contributed by atoms with van der Waals surface area (Å²) >= 11 is 0. The molecule has 2 rings (SSSR count). The number of piperidine rings is 1. The first-order chi connectivity index (χ1) is 9.72.